The molecule has 0 fully saturated rings. The molecule has 0 spiro atoms. The Morgan fingerprint density at radius 2 is 2.18 bits per heavy atom. The molecule has 0 bridgehead atoms. The second-order valence-corrected chi connectivity index (χ2v) is 6.14. The Morgan fingerprint density at radius 1 is 1.53 bits per heavy atom. The zero-order valence-corrected chi connectivity index (χ0v) is 11.6. The van der Waals surface area contributed by atoms with E-state index >= 15 is 0 Å². The lowest BCUT2D eigenvalue weighted by atomic mass is 9.90. The minimum Gasteiger partial charge on any atom is -0.469 e. The van der Waals surface area contributed by atoms with E-state index in [0.29, 0.717) is 12.1 Å². The van der Waals surface area contributed by atoms with E-state index in [1.165, 1.54) is 6.26 Å². The van der Waals surface area contributed by atoms with Crippen molar-refractivity contribution in [3.05, 3.63) is 23.7 Å². The van der Waals surface area contributed by atoms with Crippen molar-refractivity contribution in [2.75, 3.05) is 6.54 Å². The summed E-state index contributed by atoms with van der Waals surface area (Å²) in [5.74, 6) is 0.591. The van der Waals surface area contributed by atoms with E-state index in [4.69, 9.17) is 16.0 Å². The molecule has 17 heavy (non-hydrogen) atoms. The Kier molecular flexibility index (Phi) is 4.63. The minimum absolute atomic E-state index is 0.0491. The molecule has 0 radical (unpaired) electrons. The fourth-order valence-corrected chi connectivity index (χ4v) is 2.14. The number of hydrogen-bond acceptors (Lipinski definition) is 2. The lowest BCUT2D eigenvalue weighted by Crippen LogP contribution is -2.31. The van der Waals surface area contributed by atoms with Gasteiger partial charge in [-0.25, -0.2) is 0 Å². The van der Waals surface area contributed by atoms with Gasteiger partial charge in [-0.2, -0.15) is 0 Å². The normalized spacial score (nSPS) is 13.5. The van der Waals surface area contributed by atoms with Gasteiger partial charge in [-0.15, -0.1) is 11.6 Å². The molecule has 4 heteroatoms. The number of furan rings is 1. The van der Waals surface area contributed by atoms with Gasteiger partial charge in [0.1, 0.15) is 12.0 Å². The largest absolute Gasteiger partial charge is 0.469 e. The molecule has 1 N–H and O–H groups in total. The highest BCUT2D eigenvalue weighted by Crippen LogP contribution is 2.23. The average Bonchev–Trinajstić information content (AvgIpc) is 2.58. The fraction of sp³-hybridized carbons (Fsp3) is 0.615. The van der Waals surface area contributed by atoms with E-state index in [9.17, 15) is 4.79 Å². The number of aryl methyl sites for hydroxylation is 1. The molecule has 0 aliphatic carbocycles. The summed E-state index contributed by atoms with van der Waals surface area (Å²) in [5.41, 5.74) is 0.714. The molecular weight excluding hydrogens is 238 g/mol. The van der Waals surface area contributed by atoms with E-state index in [1.807, 2.05) is 0 Å². The molecule has 1 aromatic heterocycles. The van der Waals surface area contributed by atoms with E-state index in [-0.39, 0.29) is 16.7 Å². The smallest absolute Gasteiger partial charge is 0.254 e. The zero-order valence-electron chi connectivity index (χ0n) is 10.8. The lowest BCUT2D eigenvalue weighted by Gasteiger charge is -2.21. The van der Waals surface area contributed by atoms with Gasteiger partial charge in [0.05, 0.1) is 10.9 Å². The number of alkyl halides is 1. The van der Waals surface area contributed by atoms with Crippen LogP contribution in [-0.4, -0.2) is 17.8 Å². The lowest BCUT2D eigenvalue weighted by molar-refractivity contribution is 0.0951. The number of amides is 1. The Hall–Kier alpha value is -0.960. The van der Waals surface area contributed by atoms with E-state index in [0.717, 1.165) is 12.2 Å². The topological polar surface area (TPSA) is 42.2 Å². The molecule has 0 saturated heterocycles. The van der Waals surface area contributed by atoms with Crippen LogP contribution in [0.25, 0.3) is 0 Å². The SMILES string of the molecule is Cc1cc(C(=O)NCC(Cl)CC(C)(C)C)co1. The highest BCUT2D eigenvalue weighted by Gasteiger charge is 2.18. The molecule has 1 amide bonds. The van der Waals surface area contributed by atoms with Crippen molar-refractivity contribution in [3.63, 3.8) is 0 Å². The molecule has 0 aliphatic rings. The van der Waals surface area contributed by atoms with Crippen LogP contribution >= 0.6 is 11.6 Å². The summed E-state index contributed by atoms with van der Waals surface area (Å²) in [6, 6.07) is 1.71. The maximum atomic E-state index is 11.7. The van der Waals surface area contributed by atoms with Crippen LogP contribution in [-0.2, 0) is 0 Å². The maximum Gasteiger partial charge on any atom is 0.254 e. The predicted octanol–water partition coefficient (Wildman–Crippen LogP) is 3.36. The van der Waals surface area contributed by atoms with Crippen LogP contribution in [0.3, 0.4) is 0 Å². The average molecular weight is 258 g/mol. The van der Waals surface area contributed by atoms with E-state index < -0.39 is 0 Å². The second kappa shape index (κ2) is 5.58. The monoisotopic (exact) mass is 257 g/mol. The number of nitrogens with one attached hydrogen (secondary N) is 1. The first kappa shape index (κ1) is 14.1. The van der Waals surface area contributed by atoms with Crippen LogP contribution in [0, 0.1) is 12.3 Å². The third kappa shape index (κ3) is 5.26. The molecule has 0 saturated carbocycles. The molecule has 1 rings (SSSR count). The highest BCUT2D eigenvalue weighted by molar-refractivity contribution is 6.21. The first-order valence-corrected chi connectivity index (χ1v) is 6.19. The van der Waals surface area contributed by atoms with Gasteiger partial charge >= 0.3 is 0 Å². The van der Waals surface area contributed by atoms with Gasteiger partial charge < -0.3 is 9.73 Å². The molecule has 0 aliphatic heterocycles. The van der Waals surface area contributed by atoms with Crippen molar-refractivity contribution in [2.45, 2.75) is 39.5 Å². The third-order valence-corrected chi connectivity index (χ3v) is 2.62. The van der Waals surface area contributed by atoms with E-state index in [1.54, 1.807) is 13.0 Å². The van der Waals surface area contributed by atoms with Crippen molar-refractivity contribution in [1.82, 2.24) is 5.32 Å². The third-order valence-electron chi connectivity index (χ3n) is 2.31. The van der Waals surface area contributed by atoms with Gasteiger partial charge in [-0.05, 0) is 24.8 Å². The zero-order chi connectivity index (χ0) is 13.1. The van der Waals surface area contributed by atoms with Gasteiger partial charge in [0.25, 0.3) is 5.91 Å². The molecule has 1 atom stereocenters. The van der Waals surface area contributed by atoms with Gasteiger partial charge in [0, 0.05) is 6.54 Å². The highest BCUT2D eigenvalue weighted by atomic mass is 35.5. The molecule has 1 heterocycles. The quantitative estimate of drug-likeness (QED) is 0.841. The van der Waals surface area contributed by atoms with Crippen molar-refractivity contribution in [3.8, 4) is 0 Å². The van der Waals surface area contributed by atoms with Crippen LogP contribution in [0.15, 0.2) is 16.7 Å². The number of rotatable bonds is 4. The van der Waals surface area contributed by atoms with E-state index in [2.05, 4.69) is 26.1 Å². The number of halogens is 1. The molecular formula is C13H20ClNO2. The standard InChI is InChI=1S/C13H20ClNO2/c1-9-5-10(8-17-9)12(16)15-7-11(14)6-13(2,3)4/h5,8,11H,6-7H2,1-4H3,(H,15,16). The molecule has 1 unspecified atom stereocenters. The molecule has 0 aromatic carbocycles. The summed E-state index contributed by atoms with van der Waals surface area (Å²) in [6.45, 7) is 8.67. The van der Waals surface area contributed by atoms with Crippen LogP contribution in [0.5, 0.6) is 0 Å². The van der Waals surface area contributed by atoms with Gasteiger partial charge in [-0.3, -0.25) is 4.79 Å². The summed E-state index contributed by atoms with van der Waals surface area (Å²) in [4.78, 5) is 11.7. The van der Waals surface area contributed by atoms with Crippen LogP contribution < -0.4 is 5.32 Å². The van der Waals surface area contributed by atoms with Crippen LogP contribution in [0.2, 0.25) is 0 Å². The Balaban J connectivity index is 2.38. The second-order valence-electron chi connectivity index (χ2n) is 5.52. The first-order valence-electron chi connectivity index (χ1n) is 5.75. The van der Waals surface area contributed by atoms with Crippen molar-refractivity contribution in [2.24, 2.45) is 5.41 Å². The summed E-state index contributed by atoms with van der Waals surface area (Å²) in [6.07, 6.45) is 2.32. The van der Waals surface area contributed by atoms with Crippen molar-refractivity contribution in [1.29, 1.82) is 0 Å². The Bertz CT molecular complexity index is 379. The minimum atomic E-state index is -0.138. The van der Waals surface area contributed by atoms with Crippen molar-refractivity contribution < 1.29 is 9.21 Å². The summed E-state index contributed by atoms with van der Waals surface area (Å²) in [7, 11) is 0. The maximum absolute atomic E-state index is 11.7. The summed E-state index contributed by atoms with van der Waals surface area (Å²) >= 11 is 6.16. The number of carbonyl (C=O) groups excluding carboxylic acids is 1. The Labute approximate surface area is 108 Å². The molecule has 1 aromatic rings. The van der Waals surface area contributed by atoms with Crippen LogP contribution in [0.1, 0.15) is 43.3 Å². The van der Waals surface area contributed by atoms with Gasteiger partial charge in [0.2, 0.25) is 0 Å². The summed E-state index contributed by atoms with van der Waals surface area (Å²) in [5, 5.41) is 2.75. The number of carbonyl (C=O) groups is 1. The van der Waals surface area contributed by atoms with Crippen LogP contribution in [0.4, 0.5) is 0 Å². The van der Waals surface area contributed by atoms with Gasteiger partial charge in [-0.1, -0.05) is 20.8 Å². The first-order chi connectivity index (χ1) is 7.78. The Morgan fingerprint density at radius 3 is 2.65 bits per heavy atom. The molecule has 3 nitrogen and oxygen atoms in total. The summed E-state index contributed by atoms with van der Waals surface area (Å²) < 4.78 is 5.08. The number of hydrogen-bond donors (Lipinski definition) is 1. The van der Waals surface area contributed by atoms with Crippen molar-refractivity contribution >= 4 is 17.5 Å². The predicted molar refractivity (Wildman–Crippen MR) is 69.5 cm³/mol. The fourth-order valence-electron chi connectivity index (χ4n) is 1.60. The van der Waals surface area contributed by atoms with Gasteiger partial charge in [0.15, 0.2) is 0 Å². The molecule has 96 valence electrons.